The summed E-state index contributed by atoms with van der Waals surface area (Å²) in [7, 11) is 1.69. The Morgan fingerprint density at radius 2 is 2.18 bits per heavy atom. The Balaban J connectivity index is 2.49. The normalized spacial score (nSPS) is 23.0. The number of piperidine rings is 1. The first kappa shape index (κ1) is 8.68. The number of aldehydes is 1. The zero-order chi connectivity index (χ0) is 8.16. The maximum absolute atomic E-state index is 10.3. The molecule has 1 N–H and O–H groups in total. The molecule has 0 aliphatic carbocycles. The molecule has 1 heterocycles. The van der Waals surface area contributed by atoms with E-state index in [4.69, 9.17) is 4.74 Å². The summed E-state index contributed by atoms with van der Waals surface area (Å²) in [5.41, 5.74) is -0.160. The van der Waals surface area contributed by atoms with Crippen molar-refractivity contribution < 1.29 is 9.53 Å². The summed E-state index contributed by atoms with van der Waals surface area (Å²) in [5.74, 6) is 0. The predicted octanol–water partition coefficient (Wildman–Crippen LogP) is 0.344. The van der Waals surface area contributed by atoms with Crippen LogP contribution in [0.4, 0.5) is 0 Å². The smallest absolute Gasteiger partial charge is 0.122 e. The number of methoxy groups -OCH3 is 1. The van der Waals surface area contributed by atoms with Crippen molar-refractivity contribution in [1.82, 2.24) is 5.32 Å². The van der Waals surface area contributed by atoms with Gasteiger partial charge in [0.15, 0.2) is 0 Å². The van der Waals surface area contributed by atoms with Gasteiger partial charge >= 0.3 is 0 Å². The molecule has 1 fully saturated rings. The quantitative estimate of drug-likeness (QED) is 0.600. The van der Waals surface area contributed by atoms with E-state index in [2.05, 4.69) is 5.32 Å². The minimum Gasteiger partial charge on any atom is -0.378 e. The number of nitrogens with one attached hydrogen (secondary N) is 1. The van der Waals surface area contributed by atoms with Crippen LogP contribution in [0.25, 0.3) is 0 Å². The Kier molecular flexibility index (Phi) is 3.02. The SMILES string of the molecule is COC1(CC=O)CCNCC1. The molecule has 1 aliphatic rings. The molecule has 0 spiro atoms. The summed E-state index contributed by atoms with van der Waals surface area (Å²) >= 11 is 0. The van der Waals surface area contributed by atoms with Gasteiger partial charge in [0.1, 0.15) is 6.29 Å². The molecule has 11 heavy (non-hydrogen) atoms. The van der Waals surface area contributed by atoms with Gasteiger partial charge in [-0.05, 0) is 25.9 Å². The molecule has 0 aromatic rings. The van der Waals surface area contributed by atoms with E-state index >= 15 is 0 Å². The van der Waals surface area contributed by atoms with E-state index in [0.29, 0.717) is 6.42 Å². The topological polar surface area (TPSA) is 38.3 Å². The number of hydrogen-bond donors (Lipinski definition) is 1. The number of ether oxygens (including phenoxy) is 1. The highest BCUT2D eigenvalue weighted by Crippen LogP contribution is 2.24. The third-order valence-corrected chi connectivity index (χ3v) is 2.40. The van der Waals surface area contributed by atoms with Gasteiger partial charge in [-0.15, -0.1) is 0 Å². The van der Waals surface area contributed by atoms with Gasteiger partial charge in [-0.1, -0.05) is 0 Å². The molecule has 0 saturated carbocycles. The maximum Gasteiger partial charge on any atom is 0.122 e. The third-order valence-electron chi connectivity index (χ3n) is 2.40. The molecule has 64 valence electrons. The molecule has 1 rings (SSSR count). The molecule has 1 aliphatic heterocycles. The van der Waals surface area contributed by atoms with Gasteiger partial charge in [0.2, 0.25) is 0 Å². The molecule has 0 aromatic carbocycles. The van der Waals surface area contributed by atoms with Gasteiger partial charge in [0, 0.05) is 13.5 Å². The predicted molar refractivity (Wildman–Crippen MR) is 42.5 cm³/mol. The monoisotopic (exact) mass is 157 g/mol. The molecule has 0 amide bonds. The summed E-state index contributed by atoms with van der Waals surface area (Å²) in [4.78, 5) is 10.3. The average molecular weight is 157 g/mol. The second-order valence-electron chi connectivity index (χ2n) is 3.01. The lowest BCUT2D eigenvalue weighted by molar-refractivity contribution is -0.115. The van der Waals surface area contributed by atoms with Crippen molar-refractivity contribution in [2.45, 2.75) is 24.9 Å². The summed E-state index contributed by atoms with van der Waals surface area (Å²) in [6, 6.07) is 0. The Bertz CT molecular complexity index is 130. The van der Waals surface area contributed by atoms with E-state index in [0.717, 1.165) is 32.2 Å². The van der Waals surface area contributed by atoms with Gasteiger partial charge in [-0.25, -0.2) is 0 Å². The molecular formula is C8H15NO2. The van der Waals surface area contributed by atoms with Crippen molar-refractivity contribution in [2.24, 2.45) is 0 Å². The van der Waals surface area contributed by atoms with Crippen molar-refractivity contribution in [1.29, 1.82) is 0 Å². The zero-order valence-electron chi connectivity index (χ0n) is 6.93. The molecule has 0 atom stereocenters. The van der Waals surface area contributed by atoms with Gasteiger partial charge in [0.05, 0.1) is 5.60 Å². The Morgan fingerprint density at radius 1 is 1.55 bits per heavy atom. The van der Waals surface area contributed by atoms with Gasteiger partial charge in [-0.2, -0.15) is 0 Å². The summed E-state index contributed by atoms with van der Waals surface area (Å²) < 4.78 is 5.35. The van der Waals surface area contributed by atoms with Crippen molar-refractivity contribution in [3.8, 4) is 0 Å². The van der Waals surface area contributed by atoms with Crippen LogP contribution in [0.3, 0.4) is 0 Å². The van der Waals surface area contributed by atoms with E-state index in [1.165, 1.54) is 0 Å². The first-order valence-corrected chi connectivity index (χ1v) is 4.02. The largest absolute Gasteiger partial charge is 0.378 e. The van der Waals surface area contributed by atoms with Crippen molar-refractivity contribution in [3.63, 3.8) is 0 Å². The second kappa shape index (κ2) is 3.83. The average Bonchev–Trinajstić information content (AvgIpc) is 2.07. The summed E-state index contributed by atoms with van der Waals surface area (Å²) in [6.45, 7) is 1.92. The number of carbonyl (C=O) groups excluding carboxylic acids is 1. The van der Waals surface area contributed by atoms with Crippen molar-refractivity contribution in [2.75, 3.05) is 20.2 Å². The first-order valence-electron chi connectivity index (χ1n) is 4.02. The zero-order valence-corrected chi connectivity index (χ0v) is 6.93. The van der Waals surface area contributed by atoms with E-state index in [1.54, 1.807) is 7.11 Å². The molecule has 3 heteroatoms. The highest BCUT2D eigenvalue weighted by atomic mass is 16.5. The lowest BCUT2D eigenvalue weighted by Gasteiger charge is -2.34. The van der Waals surface area contributed by atoms with E-state index in [1.807, 2.05) is 0 Å². The molecule has 3 nitrogen and oxygen atoms in total. The standard InChI is InChI=1S/C8H15NO2/c1-11-8(4-7-10)2-5-9-6-3-8/h7,9H,2-6H2,1H3. The minimum atomic E-state index is -0.160. The third kappa shape index (κ3) is 2.01. The number of hydrogen-bond acceptors (Lipinski definition) is 3. The highest BCUT2D eigenvalue weighted by Gasteiger charge is 2.30. The van der Waals surface area contributed by atoms with Gasteiger partial charge in [0.25, 0.3) is 0 Å². The Hall–Kier alpha value is -0.410. The van der Waals surface area contributed by atoms with E-state index in [-0.39, 0.29) is 5.60 Å². The van der Waals surface area contributed by atoms with E-state index in [9.17, 15) is 4.79 Å². The number of carbonyl (C=O) groups is 1. The Labute approximate surface area is 67.1 Å². The molecule has 0 radical (unpaired) electrons. The van der Waals surface area contributed by atoms with Crippen LogP contribution in [0.15, 0.2) is 0 Å². The maximum atomic E-state index is 10.3. The van der Waals surface area contributed by atoms with Crippen LogP contribution in [-0.4, -0.2) is 32.1 Å². The Morgan fingerprint density at radius 3 is 2.64 bits per heavy atom. The molecule has 0 bridgehead atoms. The second-order valence-corrected chi connectivity index (χ2v) is 3.01. The fourth-order valence-electron chi connectivity index (χ4n) is 1.53. The van der Waals surface area contributed by atoms with Crippen LogP contribution in [0.1, 0.15) is 19.3 Å². The van der Waals surface area contributed by atoms with Crippen molar-refractivity contribution >= 4 is 6.29 Å². The van der Waals surface area contributed by atoms with Crippen LogP contribution in [0, 0.1) is 0 Å². The van der Waals surface area contributed by atoms with Gasteiger partial charge < -0.3 is 14.8 Å². The summed E-state index contributed by atoms with van der Waals surface area (Å²) in [6.07, 6.45) is 3.38. The van der Waals surface area contributed by atoms with E-state index < -0.39 is 0 Å². The van der Waals surface area contributed by atoms with Crippen LogP contribution >= 0.6 is 0 Å². The fraction of sp³-hybridized carbons (Fsp3) is 0.875. The minimum absolute atomic E-state index is 0.160. The van der Waals surface area contributed by atoms with Gasteiger partial charge in [-0.3, -0.25) is 0 Å². The van der Waals surface area contributed by atoms with Crippen LogP contribution in [-0.2, 0) is 9.53 Å². The lowest BCUT2D eigenvalue weighted by Crippen LogP contribution is -2.43. The van der Waals surface area contributed by atoms with Crippen LogP contribution in [0.5, 0.6) is 0 Å². The highest BCUT2D eigenvalue weighted by molar-refractivity contribution is 5.51. The van der Waals surface area contributed by atoms with Crippen LogP contribution < -0.4 is 5.32 Å². The molecule has 1 saturated heterocycles. The van der Waals surface area contributed by atoms with Crippen molar-refractivity contribution in [3.05, 3.63) is 0 Å². The molecule has 0 aromatic heterocycles. The first-order chi connectivity index (χ1) is 5.33. The lowest BCUT2D eigenvalue weighted by atomic mass is 9.89. The molecular weight excluding hydrogens is 142 g/mol. The molecule has 0 unspecified atom stereocenters. The fourth-order valence-corrected chi connectivity index (χ4v) is 1.53. The summed E-state index contributed by atoms with van der Waals surface area (Å²) in [5, 5.41) is 3.24. The van der Waals surface area contributed by atoms with Crippen LogP contribution in [0.2, 0.25) is 0 Å². The number of rotatable bonds is 3.